The molecule has 0 saturated carbocycles. The first-order valence-corrected chi connectivity index (χ1v) is 8.90. The van der Waals surface area contributed by atoms with Crippen LogP contribution in [0.3, 0.4) is 0 Å². The van der Waals surface area contributed by atoms with E-state index in [-0.39, 0.29) is 5.91 Å². The number of carbonyl (C=O) groups excluding carboxylic acids is 1. The van der Waals surface area contributed by atoms with Gasteiger partial charge in [0.25, 0.3) is 5.91 Å². The summed E-state index contributed by atoms with van der Waals surface area (Å²) in [4.78, 5) is 19.8. The van der Waals surface area contributed by atoms with Crippen molar-refractivity contribution in [1.82, 2.24) is 4.90 Å². The maximum atomic E-state index is 12.8. The summed E-state index contributed by atoms with van der Waals surface area (Å²) >= 11 is 1.40. The summed E-state index contributed by atoms with van der Waals surface area (Å²) < 4.78 is 5.14. The third kappa shape index (κ3) is 4.38. The molecule has 5 heteroatoms. The average Bonchev–Trinajstić information content (AvgIpc) is 2.89. The van der Waals surface area contributed by atoms with Crippen molar-refractivity contribution >= 4 is 34.6 Å². The molecule has 1 heterocycles. The van der Waals surface area contributed by atoms with Gasteiger partial charge in [0.2, 0.25) is 0 Å². The Hall–Kier alpha value is -2.37. The van der Waals surface area contributed by atoms with E-state index in [9.17, 15) is 4.79 Å². The first kappa shape index (κ1) is 17.5. The number of para-hydroxylation sites is 1. The Kier molecular flexibility index (Phi) is 5.68. The molecule has 0 spiro atoms. The zero-order valence-electron chi connectivity index (χ0n) is 14.3. The highest BCUT2D eigenvalue weighted by atomic mass is 32.2. The van der Waals surface area contributed by atoms with E-state index in [4.69, 9.17) is 4.74 Å². The van der Waals surface area contributed by atoms with E-state index in [1.54, 1.807) is 12.0 Å². The fraction of sp³-hybridized carbons (Fsp3) is 0.200. The maximum Gasteiger partial charge on any atom is 0.266 e. The van der Waals surface area contributed by atoms with Crippen molar-refractivity contribution in [3.05, 3.63) is 70.6 Å². The number of carbonyl (C=O) groups is 1. The molecular formula is C20H20N2O2S. The Labute approximate surface area is 152 Å². The lowest BCUT2D eigenvalue weighted by molar-refractivity contribution is -0.122. The van der Waals surface area contributed by atoms with E-state index in [1.807, 2.05) is 61.5 Å². The van der Waals surface area contributed by atoms with E-state index in [1.165, 1.54) is 17.3 Å². The van der Waals surface area contributed by atoms with Crippen LogP contribution in [0, 0.1) is 6.92 Å². The van der Waals surface area contributed by atoms with Gasteiger partial charge in [-0.2, -0.15) is 0 Å². The number of ether oxygens (including phenoxy) is 1. The van der Waals surface area contributed by atoms with Crippen molar-refractivity contribution in [3.63, 3.8) is 0 Å². The molecule has 0 bridgehead atoms. The van der Waals surface area contributed by atoms with Gasteiger partial charge in [0.05, 0.1) is 23.7 Å². The monoisotopic (exact) mass is 352 g/mol. The van der Waals surface area contributed by atoms with E-state index >= 15 is 0 Å². The van der Waals surface area contributed by atoms with E-state index in [2.05, 4.69) is 11.1 Å². The number of amides is 1. The predicted molar refractivity (Wildman–Crippen MR) is 104 cm³/mol. The van der Waals surface area contributed by atoms with Gasteiger partial charge in [-0.3, -0.25) is 9.69 Å². The fourth-order valence-electron chi connectivity index (χ4n) is 2.50. The van der Waals surface area contributed by atoms with Crippen LogP contribution in [0.4, 0.5) is 5.69 Å². The lowest BCUT2D eigenvalue weighted by Crippen LogP contribution is -2.32. The van der Waals surface area contributed by atoms with Crippen LogP contribution in [-0.4, -0.2) is 36.2 Å². The topological polar surface area (TPSA) is 41.9 Å². The van der Waals surface area contributed by atoms with Gasteiger partial charge in [-0.15, -0.1) is 0 Å². The van der Waals surface area contributed by atoms with Gasteiger partial charge in [-0.25, -0.2) is 4.99 Å². The number of hydrogen-bond donors (Lipinski definition) is 0. The second kappa shape index (κ2) is 8.14. The highest BCUT2D eigenvalue weighted by molar-refractivity contribution is 8.18. The minimum absolute atomic E-state index is 0.0294. The highest BCUT2D eigenvalue weighted by Crippen LogP contribution is 2.34. The van der Waals surface area contributed by atoms with Gasteiger partial charge in [0.15, 0.2) is 5.17 Å². The van der Waals surface area contributed by atoms with Crippen LogP contribution in [0.25, 0.3) is 6.08 Å². The number of aryl methyl sites for hydroxylation is 1. The zero-order chi connectivity index (χ0) is 17.6. The van der Waals surface area contributed by atoms with Gasteiger partial charge in [0.1, 0.15) is 0 Å². The summed E-state index contributed by atoms with van der Waals surface area (Å²) in [6.45, 7) is 3.00. The van der Waals surface area contributed by atoms with Crippen molar-refractivity contribution in [2.75, 3.05) is 20.3 Å². The SMILES string of the molecule is COCCN1C(=O)/C(=C\c2cccc(C)c2)SC1=Nc1ccccc1. The van der Waals surface area contributed by atoms with Crippen LogP contribution < -0.4 is 0 Å². The molecule has 0 radical (unpaired) electrons. The summed E-state index contributed by atoms with van der Waals surface area (Å²) in [5, 5.41) is 0.687. The number of amidine groups is 1. The molecule has 3 rings (SSSR count). The van der Waals surface area contributed by atoms with Crippen molar-refractivity contribution in [2.24, 2.45) is 4.99 Å². The van der Waals surface area contributed by atoms with E-state index in [0.717, 1.165) is 11.3 Å². The number of nitrogens with zero attached hydrogens (tertiary/aromatic N) is 2. The van der Waals surface area contributed by atoms with Gasteiger partial charge < -0.3 is 4.74 Å². The minimum atomic E-state index is -0.0294. The lowest BCUT2D eigenvalue weighted by Gasteiger charge is -2.14. The van der Waals surface area contributed by atoms with Crippen molar-refractivity contribution < 1.29 is 9.53 Å². The molecule has 1 amide bonds. The number of benzene rings is 2. The molecule has 1 aliphatic rings. The van der Waals surface area contributed by atoms with Gasteiger partial charge >= 0.3 is 0 Å². The van der Waals surface area contributed by atoms with Crippen LogP contribution >= 0.6 is 11.8 Å². The number of thioether (sulfide) groups is 1. The zero-order valence-corrected chi connectivity index (χ0v) is 15.1. The van der Waals surface area contributed by atoms with E-state index < -0.39 is 0 Å². The van der Waals surface area contributed by atoms with Crippen molar-refractivity contribution in [2.45, 2.75) is 6.92 Å². The van der Waals surface area contributed by atoms with Crippen LogP contribution in [-0.2, 0) is 9.53 Å². The van der Waals surface area contributed by atoms with Crippen LogP contribution in [0.15, 0.2) is 64.5 Å². The van der Waals surface area contributed by atoms with Crippen LogP contribution in [0.2, 0.25) is 0 Å². The summed E-state index contributed by atoms with van der Waals surface area (Å²) in [7, 11) is 1.63. The first-order chi connectivity index (χ1) is 12.2. The molecule has 1 aliphatic heterocycles. The number of aliphatic imine (C=N–C) groups is 1. The summed E-state index contributed by atoms with van der Waals surface area (Å²) in [5.74, 6) is -0.0294. The van der Waals surface area contributed by atoms with Gasteiger partial charge in [-0.05, 0) is 42.5 Å². The molecule has 0 atom stereocenters. The quantitative estimate of drug-likeness (QED) is 0.756. The lowest BCUT2D eigenvalue weighted by atomic mass is 10.1. The smallest absolute Gasteiger partial charge is 0.266 e. The molecule has 4 nitrogen and oxygen atoms in total. The average molecular weight is 352 g/mol. The Morgan fingerprint density at radius 2 is 1.96 bits per heavy atom. The van der Waals surface area contributed by atoms with Crippen molar-refractivity contribution in [3.8, 4) is 0 Å². The highest BCUT2D eigenvalue weighted by Gasteiger charge is 2.33. The second-order valence-corrected chi connectivity index (χ2v) is 6.71. The minimum Gasteiger partial charge on any atom is -0.383 e. The molecule has 0 aliphatic carbocycles. The van der Waals surface area contributed by atoms with Crippen molar-refractivity contribution in [1.29, 1.82) is 0 Å². The maximum absolute atomic E-state index is 12.8. The number of hydrogen-bond acceptors (Lipinski definition) is 4. The summed E-state index contributed by atoms with van der Waals surface area (Å²) in [6, 6.07) is 17.8. The normalized spacial score (nSPS) is 17.7. The predicted octanol–water partition coefficient (Wildman–Crippen LogP) is 4.25. The molecule has 2 aromatic rings. The van der Waals surface area contributed by atoms with Crippen LogP contribution in [0.5, 0.6) is 0 Å². The Balaban J connectivity index is 1.92. The molecule has 2 aromatic carbocycles. The fourth-order valence-corrected chi connectivity index (χ4v) is 3.52. The first-order valence-electron chi connectivity index (χ1n) is 8.08. The Morgan fingerprint density at radius 3 is 2.68 bits per heavy atom. The van der Waals surface area contributed by atoms with E-state index in [0.29, 0.717) is 23.2 Å². The third-order valence-corrected chi connectivity index (χ3v) is 4.73. The molecule has 0 aromatic heterocycles. The molecule has 1 saturated heterocycles. The molecular weight excluding hydrogens is 332 g/mol. The van der Waals surface area contributed by atoms with Gasteiger partial charge in [0, 0.05) is 7.11 Å². The molecule has 25 heavy (non-hydrogen) atoms. The Bertz CT molecular complexity index is 815. The standard InChI is InChI=1S/C20H20N2O2S/c1-15-7-6-8-16(13-15)14-18-19(23)22(11-12-24-2)20(25-18)21-17-9-4-3-5-10-17/h3-10,13-14H,11-12H2,1-2H3/b18-14+,21-20?. The molecule has 0 unspecified atom stereocenters. The second-order valence-electron chi connectivity index (χ2n) is 5.70. The molecule has 1 fully saturated rings. The number of rotatable bonds is 5. The largest absolute Gasteiger partial charge is 0.383 e. The molecule has 128 valence electrons. The van der Waals surface area contributed by atoms with Gasteiger partial charge in [-0.1, -0.05) is 48.0 Å². The number of methoxy groups -OCH3 is 1. The summed E-state index contributed by atoms with van der Waals surface area (Å²) in [6.07, 6.45) is 1.92. The van der Waals surface area contributed by atoms with Crippen LogP contribution in [0.1, 0.15) is 11.1 Å². The third-order valence-electron chi connectivity index (χ3n) is 3.73. The molecule has 0 N–H and O–H groups in total. The summed E-state index contributed by atoms with van der Waals surface area (Å²) in [5.41, 5.74) is 3.01. The Morgan fingerprint density at radius 1 is 1.16 bits per heavy atom.